The average Bonchev–Trinajstić information content (AvgIpc) is 2.43. The molecule has 0 unspecified atom stereocenters. The van der Waals surface area contributed by atoms with Gasteiger partial charge in [0.25, 0.3) is 0 Å². The Morgan fingerprint density at radius 2 is 1.95 bits per heavy atom. The first-order valence-electron chi connectivity index (χ1n) is 7.21. The summed E-state index contributed by atoms with van der Waals surface area (Å²) in [6, 6.07) is 3.36. The van der Waals surface area contributed by atoms with Crippen LogP contribution in [0.4, 0.5) is 0 Å². The van der Waals surface area contributed by atoms with Gasteiger partial charge in [-0.15, -0.1) is 0 Å². The summed E-state index contributed by atoms with van der Waals surface area (Å²) in [5, 5.41) is 0. The average molecular weight is 376 g/mol. The van der Waals surface area contributed by atoms with Gasteiger partial charge in [-0.25, -0.2) is 13.1 Å². The minimum atomic E-state index is -3.58. The van der Waals surface area contributed by atoms with E-state index in [-0.39, 0.29) is 10.9 Å². The lowest BCUT2D eigenvalue weighted by Gasteiger charge is -2.29. The Bertz CT molecular complexity index is 616. The number of methoxy groups -OCH3 is 1. The lowest BCUT2D eigenvalue weighted by Crippen LogP contribution is -2.41. The van der Waals surface area contributed by atoms with Crippen molar-refractivity contribution in [2.24, 2.45) is 5.92 Å². The minimum Gasteiger partial charge on any atom is -0.495 e. The summed E-state index contributed by atoms with van der Waals surface area (Å²) in [4.78, 5) is 0.195. The predicted molar refractivity (Wildman–Crippen MR) is 87.2 cm³/mol. The molecule has 0 aliphatic heterocycles. The summed E-state index contributed by atoms with van der Waals surface area (Å²) in [5.41, 5.74) is 0.942. The van der Waals surface area contributed by atoms with Gasteiger partial charge >= 0.3 is 0 Å². The van der Waals surface area contributed by atoms with Crippen molar-refractivity contribution in [2.45, 2.75) is 50.5 Å². The summed E-state index contributed by atoms with van der Waals surface area (Å²) in [5.74, 6) is 0.750. The predicted octanol–water partition coefficient (Wildman–Crippen LogP) is 3.62. The SMILES string of the molecule is COc1cc(C)c(Br)cc1S(=O)(=O)N[C@@H]1CCCC[C@@H]1C. The van der Waals surface area contributed by atoms with E-state index in [1.165, 1.54) is 13.5 Å². The maximum atomic E-state index is 12.7. The topological polar surface area (TPSA) is 55.4 Å². The third-order valence-electron chi connectivity index (χ3n) is 4.15. The fourth-order valence-corrected chi connectivity index (χ4v) is 4.81. The molecule has 1 aromatic rings. The molecule has 2 rings (SSSR count). The van der Waals surface area contributed by atoms with Gasteiger partial charge in [0, 0.05) is 10.5 Å². The first-order chi connectivity index (χ1) is 9.85. The maximum absolute atomic E-state index is 12.7. The highest BCUT2D eigenvalue weighted by Gasteiger charge is 2.29. The van der Waals surface area contributed by atoms with Gasteiger partial charge in [-0.05, 0) is 43.4 Å². The van der Waals surface area contributed by atoms with Crippen LogP contribution in [0.1, 0.15) is 38.2 Å². The van der Waals surface area contributed by atoms with Gasteiger partial charge in [-0.2, -0.15) is 0 Å². The Kier molecular flexibility index (Phi) is 5.33. The molecule has 1 saturated carbocycles. The Labute approximate surface area is 135 Å². The first kappa shape index (κ1) is 16.8. The summed E-state index contributed by atoms with van der Waals surface area (Å²) < 4.78 is 34.2. The number of hydrogen-bond acceptors (Lipinski definition) is 3. The molecular formula is C15H22BrNO3S. The number of benzene rings is 1. The third-order valence-corrected chi connectivity index (χ3v) is 6.52. The van der Waals surface area contributed by atoms with Crippen molar-refractivity contribution in [3.63, 3.8) is 0 Å². The lowest BCUT2D eigenvalue weighted by atomic mass is 9.87. The highest BCUT2D eigenvalue weighted by atomic mass is 79.9. The van der Waals surface area contributed by atoms with E-state index in [0.29, 0.717) is 11.7 Å². The van der Waals surface area contributed by atoms with Crippen molar-refractivity contribution in [3.05, 3.63) is 22.2 Å². The molecule has 1 aromatic carbocycles. The van der Waals surface area contributed by atoms with Gasteiger partial charge in [-0.3, -0.25) is 0 Å². The van der Waals surface area contributed by atoms with Gasteiger partial charge in [0.15, 0.2) is 0 Å². The van der Waals surface area contributed by atoms with E-state index in [2.05, 4.69) is 27.6 Å². The molecular weight excluding hydrogens is 354 g/mol. The second-order valence-electron chi connectivity index (χ2n) is 5.74. The van der Waals surface area contributed by atoms with Crippen LogP contribution in [-0.4, -0.2) is 21.6 Å². The Morgan fingerprint density at radius 3 is 2.57 bits per heavy atom. The molecule has 6 heteroatoms. The van der Waals surface area contributed by atoms with E-state index in [4.69, 9.17) is 4.74 Å². The fourth-order valence-electron chi connectivity index (χ4n) is 2.76. The zero-order chi connectivity index (χ0) is 15.6. The lowest BCUT2D eigenvalue weighted by molar-refractivity contribution is 0.310. The molecule has 0 bridgehead atoms. The van der Waals surface area contributed by atoms with Gasteiger partial charge in [0.1, 0.15) is 10.6 Å². The summed E-state index contributed by atoms with van der Waals surface area (Å²) >= 11 is 3.39. The van der Waals surface area contributed by atoms with Crippen LogP contribution in [0.15, 0.2) is 21.5 Å². The Morgan fingerprint density at radius 1 is 1.29 bits per heavy atom. The van der Waals surface area contributed by atoms with Crippen LogP contribution in [0, 0.1) is 12.8 Å². The number of sulfonamides is 1. The maximum Gasteiger partial charge on any atom is 0.244 e. The van der Waals surface area contributed by atoms with Crippen molar-refractivity contribution in [1.82, 2.24) is 4.72 Å². The first-order valence-corrected chi connectivity index (χ1v) is 9.49. The number of hydrogen-bond donors (Lipinski definition) is 1. The zero-order valence-electron chi connectivity index (χ0n) is 12.6. The van der Waals surface area contributed by atoms with E-state index in [1.807, 2.05) is 6.92 Å². The zero-order valence-corrected chi connectivity index (χ0v) is 15.1. The standard InChI is InChI=1S/C15H22BrNO3S/c1-10-6-4-5-7-13(10)17-21(18,19)15-9-12(16)11(2)8-14(15)20-3/h8-10,13,17H,4-7H2,1-3H3/t10-,13+/m0/s1. The molecule has 118 valence electrons. The molecule has 0 heterocycles. The highest BCUT2D eigenvalue weighted by Crippen LogP contribution is 2.32. The summed E-state index contributed by atoms with van der Waals surface area (Å²) in [6.45, 7) is 4.01. The fraction of sp³-hybridized carbons (Fsp3) is 0.600. The quantitative estimate of drug-likeness (QED) is 0.873. The smallest absolute Gasteiger partial charge is 0.244 e. The molecule has 1 aliphatic rings. The van der Waals surface area contributed by atoms with Gasteiger partial charge < -0.3 is 4.74 Å². The second kappa shape index (κ2) is 6.67. The van der Waals surface area contributed by atoms with Crippen LogP contribution in [-0.2, 0) is 10.0 Å². The van der Waals surface area contributed by atoms with Crippen LogP contribution in [0.3, 0.4) is 0 Å². The monoisotopic (exact) mass is 375 g/mol. The molecule has 21 heavy (non-hydrogen) atoms. The minimum absolute atomic E-state index is 0.00790. The van der Waals surface area contributed by atoms with Crippen LogP contribution in [0.25, 0.3) is 0 Å². The molecule has 0 amide bonds. The second-order valence-corrected chi connectivity index (χ2v) is 8.28. The highest BCUT2D eigenvalue weighted by molar-refractivity contribution is 9.10. The van der Waals surface area contributed by atoms with Gasteiger partial charge in [0.05, 0.1) is 7.11 Å². The molecule has 1 aliphatic carbocycles. The molecule has 0 aromatic heterocycles. The Hall–Kier alpha value is -0.590. The molecule has 0 saturated heterocycles. The molecule has 1 fully saturated rings. The Balaban J connectivity index is 2.33. The van der Waals surface area contributed by atoms with Crippen molar-refractivity contribution in [3.8, 4) is 5.75 Å². The van der Waals surface area contributed by atoms with Crippen LogP contribution >= 0.6 is 15.9 Å². The van der Waals surface area contributed by atoms with E-state index >= 15 is 0 Å². The summed E-state index contributed by atoms with van der Waals surface area (Å²) in [6.07, 6.45) is 4.22. The van der Waals surface area contributed by atoms with Crippen LogP contribution < -0.4 is 9.46 Å². The van der Waals surface area contributed by atoms with Crippen molar-refractivity contribution < 1.29 is 13.2 Å². The third kappa shape index (κ3) is 3.79. The molecule has 0 spiro atoms. The molecule has 1 N–H and O–H groups in total. The van der Waals surface area contributed by atoms with Gasteiger partial charge in [-0.1, -0.05) is 35.7 Å². The number of ether oxygens (including phenoxy) is 1. The number of nitrogens with one attached hydrogen (secondary N) is 1. The summed E-state index contributed by atoms with van der Waals surface area (Å²) in [7, 11) is -2.09. The van der Waals surface area contributed by atoms with E-state index < -0.39 is 10.0 Å². The van der Waals surface area contributed by atoms with Crippen molar-refractivity contribution in [2.75, 3.05) is 7.11 Å². The molecule has 2 atom stereocenters. The normalized spacial score (nSPS) is 23.0. The van der Waals surface area contributed by atoms with Crippen molar-refractivity contribution >= 4 is 26.0 Å². The van der Waals surface area contributed by atoms with Crippen LogP contribution in [0.5, 0.6) is 5.75 Å². The van der Waals surface area contributed by atoms with Crippen LogP contribution in [0.2, 0.25) is 0 Å². The van der Waals surface area contributed by atoms with E-state index in [1.54, 1.807) is 12.1 Å². The number of rotatable bonds is 4. The van der Waals surface area contributed by atoms with Gasteiger partial charge in [0.2, 0.25) is 10.0 Å². The molecule has 4 nitrogen and oxygen atoms in total. The van der Waals surface area contributed by atoms with Crippen molar-refractivity contribution in [1.29, 1.82) is 0 Å². The number of aryl methyl sites for hydroxylation is 1. The van der Waals surface area contributed by atoms with E-state index in [0.717, 1.165) is 29.3 Å². The van der Waals surface area contributed by atoms with E-state index in [9.17, 15) is 8.42 Å². The number of halogens is 1. The largest absolute Gasteiger partial charge is 0.495 e. The molecule has 0 radical (unpaired) electrons.